The first-order valence-corrected chi connectivity index (χ1v) is 10.9. The van der Waals surface area contributed by atoms with E-state index in [0.29, 0.717) is 5.97 Å². The first-order chi connectivity index (χ1) is 11.8. The van der Waals surface area contributed by atoms with Gasteiger partial charge >= 0.3 is 5.97 Å². The lowest BCUT2D eigenvalue weighted by Crippen LogP contribution is -2.43. The summed E-state index contributed by atoms with van der Waals surface area (Å²) in [4.78, 5) is 13.5. The van der Waals surface area contributed by atoms with E-state index in [1.54, 1.807) is 7.11 Å². The van der Waals surface area contributed by atoms with Crippen molar-refractivity contribution < 1.29 is 9.53 Å². The minimum Gasteiger partial charge on any atom is -0.469 e. The summed E-state index contributed by atoms with van der Waals surface area (Å²) in [6, 6.07) is 0. The van der Waals surface area contributed by atoms with Crippen molar-refractivity contribution in [2.24, 2.45) is 118 Å². The first kappa shape index (κ1) is 10.6. The zero-order chi connectivity index (χ0) is 14.8. The lowest BCUT2D eigenvalue weighted by Gasteiger charge is -2.37. The third-order valence-corrected chi connectivity index (χ3v) is 14.0. The third kappa shape index (κ3) is 0.505. The summed E-state index contributed by atoms with van der Waals surface area (Å²) in [5, 5.41) is 0. The summed E-state index contributed by atoms with van der Waals surface area (Å²) in [6.45, 7) is 0. The van der Waals surface area contributed by atoms with Crippen LogP contribution in [0, 0.1) is 118 Å². The third-order valence-electron chi connectivity index (χ3n) is 14.0. The molecule has 0 aliphatic heterocycles. The van der Waals surface area contributed by atoms with Gasteiger partial charge < -0.3 is 4.74 Å². The Hall–Kier alpha value is -0.530. The van der Waals surface area contributed by atoms with Crippen molar-refractivity contribution in [1.29, 1.82) is 0 Å². The van der Waals surface area contributed by atoms with E-state index >= 15 is 0 Å². The van der Waals surface area contributed by atoms with Gasteiger partial charge in [-0.2, -0.15) is 0 Å². The van der Waals surface area contributed by atoms with Gasteiger partial charge in [0.15, 0.2) is 0 Å². The predicted molar refractivity (Wildman–Crippen MR) is 80.8 cm³/mol. The topological polar surface area (TPSA) is 26.3 Å². The molecule has 0 amide bonds. The lowest BCUT2D eigenvalue weighted by atomic mass is 9.66. The minimum absolute atomic E-state index is 0.0484. The standard InChI is InChI=1S/C22H22O2/c1-24-21(23)22-18-12-6-3-2-4-8(6)14(18)16-10(4)11-5(2)9-7(3)13(12)19(22)15(9)17(11)20(16)22/h2-20H,1H3/t2?,3?,4?,5?,6-,7-,8-,9+,10+,11+,12-,13+,14+,15+,16+,17-,18?,19?,20?,22?/m0/s1. The molecule has 122 valence electrons. The van der Waals surface area contributed by atoms with E-state index in [1.165, 1.54) is 5.92 Å². The average molecular weight is 318 g/mol. The van der Waals surface area contributed by atoms with Crippen LogP contribution in [0.1, 0.15) is 0 Å². The maximum Gasteiger partial charge on any atom is 0.312 e. The molecular weight excluding hydrogens is 296 g/mol. The zero-order valence-corrected chi connectivity index (χ0v) is 13.8. The Labute approximate surface area is 141 Å². The van der Waals surface area contributed by atoms with Crippen molar-refractivity contribution in [2.75, 3.05) is 7.11 Å². The van der Waals surface area contributed by atoms with E-state index in [1.807, 2.05) is 0 Å². The van der Waals surface area contributed by atoms with Crippen molar-refractivity contribution in [3.63, 3.8) is 0 Å². The normalized spacial score (nSPS) is 94.8. The molecule has 12 aliphatic carbocycles. The van der Waals surface area contributed by atoms with Gasteiger partial charge in [0.1, 0.15) is 0 Å². The highest BCUT2D eigenvalue weighted by Crippen LogP contribution is 3.04. The van der Waals surface area contributed by atoms with Gasteiger partial charge in [-0.15, -0.1) is 0 Å². The van der Waals surface area contributed by atoms with Crippen LogP contribution < -0.4 is 0 Å². The number of ether oxygens (including phenoxy) is 1. The van der Waals surface area contributed by atoms with Crippen LogP contribution >= 0.6 is 0 Å². The molecule has 2 nitrogen and oxygen atoms in total. The molecule has 2 heteroatoms. The van der Waals surface area contributed by atoms with Gasteiger partial charge in [-0.05, 0) is 112 Å². The highest BCUT2D eigenvalue weighted by atomic mass is 16.5. The molecule has 12 saturated carbocycles. The number of esters is 1. The molecule has 0 aromatic carbocycles. The Morgan fingerprint density at radius 1 is 0.542 bits per heavy atom. The molecule has 0 heterocycles. The SMILES string of the molecule is COC(=O)C12C3[C@@H]4[C@@H]5C6C7C8[C@@H]9[C@@H]6[C@@H]4C1[C@H]9[C@@H]1C2[C@H]2[C@@H](C7[C@@H]5[C@@H]32)[C@H]81. The average Bonchev–Trinajstić information content (AvgIpc) is 3.24. The summed E-state index contributed by atoms with van der Waals surface area (Å²) in [5.41, 5.74) is 0.0484. The fourth-order valence-electron chi connectivity index (χ4n) is 16.0. The van der Waals surface area contributed by atoms with E-state index in [9.17, 15) is 4.79 Å². The van der Waals surface area contributed by atoms with E-state index in [4.69, 9.17) is 4.74 Å². The number of rotatable bonds is 1. The Morgan fingerprint density at radius 2 is 0.792 bits per heavy atom. The number of hydrogen-bond donors (Lipinski definition) is 0. The molecule has 0 spiro atoms. The summed E-state index contributed by atoms with van der Waals surface area (Å²) in [6.07, 6.45) is 0. The lowest BCUT2D eigenvalue weighted by molar-refractivity contribution is -0.160. The van der Waals surface area contributed by atoms with E-state index < -0.39 is 0 Å². The molecule has 0 radical (unpaired) electrons. The molecule has 0 aromatic rings. The molecule has 12 aliphatic rings. The Balaban J connectivity index is 1.41. The maximum atomic E-state index is 13.5. The zero-order valence-electron chi connectivity index (χ0n) is 13.8. The van der Waals surface area contributed by atoms with Crippen molar-refractivity contribution in [3.8, 4) is 0 Å². The molecule has 0 saturated heterocycles. The molecule has 24 heavy (non-hydrogen) atoms. The summed E-state index contributed by atoms with van der Waals surface area (Å²) >= 11 is 0. The van der Waals surface area contributed by atoms with E-state index in [0.717, 1.165) is 107 Å². The molecule has 20 atom stereocenters. The van der Waals surface area contributed by atoms with Crippen molar-refractivity contribution in [3.05, 3.63) is 0 Å². The van der Waals surface area contributed by atoms with Crippen molar-refractivity contribution in [1.82, 2.24) is 0 Å². The minimum atomic E-state index is 0.0484. The number of carbonyl (C=O) groups is 1. The quantitative estimate of drug-likeness (QED) is 0.691. The van der Waals surface area contributed by atoms with Gasteiger partial charge in [-0.25, -0.2) is 0 Å². The summed E-state index contributed by atoms with van der Waals surface area (Å²) in [7, 11) is 1.71. The van der Waals surface area contributed by atoms with Gasteiger partial charge in [0, 0.05) is 0 Å². The van der Waals surface area contributed by atoms with Crippen molar-refractivity contribution in [2.45, 2.75) is 0 Å². The van der Waals surface area contributed by atoms with Gasteiger partial charge in [-0.1, -0.05) is 0 Å². The largest absolute Gasteiger partial charge is 0.469 e. The molecule has 8 unspecified atom stereocenters. The number of methoxy groups -OCH3 is 1. The van der Waals surface area contributed by atoms with Crippen LogP contribution in [0.25, 0.3) is 0 Å². The Morgan fingerprint density at radius 3 is 1.04 bits per heavy atom. The molecule has 0 bridgehead atoms. The summed E-state index contributed by atoms with van der Waals surface area (Å²) < 4.78 is 5.65. The Kier molecular flexibility index (Phi) is 1.03. The highest BCUT2D eigenvalue weighted by molar-refractivity contribution is 5.82. The van der Waals surface area contributed by atoms with Crippen LogP contribution in [-0.2, 0) is 9.53 Å². The molecular formula is C22H22O2. The molecule has 12 rings (SSSR count). The second-order valence-electron chi connectivity index (χ2n) is 12.2. The van der Waals surface area contributed by atoms with Crippen LogP contribution in [-0.4, -0.2) is 13.1 Å². The smallest absolute Gasteiger partial charge is 0.312 e. The second-order valence-corrected chi connectivity index (χ2v) is 12.2. The van der Waals surface area contributed by atoms with Crippen LogP contribution in [0.4, 0.5) is 0 Å². The van der Waals surface area contributed by atoms with Crippen LogP contribution in [0.15, 0.2) is 0 Å². The van der Waals surface area contributed by atoms with Crippen LogP contribution in [0.5, 0.6) is 0 Å². The highest BCUT2D eigenvalue weighted by Gasteiger charge is 3.03. The second kappa shape index (κ2) is 2.34. The maximum absolute atomic E-state index is 13.5. The van der Waals surface area contributed by atoms with E-state index in [-0.39, 0.29) is 5.41 Å². The van der Waals surface area contributed by atoms with Crippen molar-refractivity contribution >= 4 is 5.97 Å². The first-order valence-electron chi connectivity index (χ1n) is 10.9. The fraction of sp³-hybridized carbons (Fsp3) is 0.955. The predicted octanol–water partition coefficient (Wildman–Crippen LogP) is 2.00. The number of hydrogen-bond acceptors (Lipinski definition) is 2. The van der Waals surface area contributed by atoms with Crippen LogP contribution in [0.2, 0.25) is 0 Å². The van der Waals surface area contributed by atoms with Gasteiger partial charge in [0.25, 0.3) is 0 Å². The van der Waals surface area contributed by atoms with Gasteiger partial charge in [0.2, 0.25) is 0 Å². The Bertz CT molecular complexity index is 716. The van der Waals surface area contributed by atoms with Gasteiger partial charge in [0.05, 0.1) is 12.5 Å². The van der Waals surface area contributed by atoms with Crippen LogP contribution in [0.3, 0.4) is 0 Å². The van der Waals surface area contributed by atoms with Gasteiger partial charge in [-0.3, -0.25) is 4.79 Å². The fourth-order valence-corrected chi connectivity index (χ4v) is 16.0. The van der Waals surface area contributed by atoms with E-state index in [2.05, 4.69) is 0 Å². The monoisotopic (exact) mass is 318 g/mol. The molecule has 0 N–H and O–H groups in total. The number of carbonyl (C=O) groups excluding carboxylic acids is 1. The molecule has 0 aromatic heterocycles. The molecule has 12 fully saturated rings. The summed E-state index contributed by atoms with van der Waals surface area (Å²) in [5.74, 6) is 19.9.